The first-order valence-electron chi connectivity index (χ1n) is 9.94. The minimum Gasteiger partial charge on any atom is -0.400 e. The molecule has 0 atom stereocenters. The van der Waals surface area contributed by atoms with Gasteiger partial charge < -0.3 is 25.6 Å². The molecule has 3 heterocycles. The minimum atomic E-state index is -0.750. The van der Waals surface area contributed by atoms with Gasteiger partial charge in [-0.15, -0.1) is 0 Å². The Kier molecular flexibility index (Phi) is 8.29. The van der Waals surface area contributed by atoms with E-state index < -0.39 is 18.2 Å². The number of nitrogens with one attached hydrogen (secondary N) is 2. The van der Waals surface area contributed by atoms with Crippen molar-refractivity contribution in [3.05, 3.63) is 83.2 Å². The number of H-pyrrole nitrogens is 1. The van der Waals surface area contributed by atoms with Crippen molar-refractivity contribution >= 4 is 27.9 Å². The Morgan fingerprint density at radius 3 is 2.50 bits per heavy atom. The SMILES string of the molecule is CO.O=c1c2c(F)cccc2nc(CNc2ncnc3nc[nH]c23)n1-c1ccccc1.OCO. The van der Waals surface area contributed by atoms with Crippen LogP contribution in [0.2, 0.25) is 0 Å². The fraction of sp³-hybridized carbons (Fsp3) is 0.136. The van der Waals surface area contributed by atoms with Crippen LogP contribution in [0.4, 0.5) is 10.2 Å². The van der Waals surface area contributed by atoms with Crippen LogP contribution in [0, 0.1) is 5.82 Å². The van der Waals surface area contributed by atoms with E-state index in [1.54, 1.807) is 18.2 Å². The van der Waals surface area contributed by atoms with Gasteiger partial charge in [0.25, 0.3) is 5.56 Å². The van der Waals surface area contributed by atoms with Crippen molar-refractivity contribution in [3.8, 4) is 5.69 Å². The number of halogens is 1. The molecule has 0 radical (unpaired) electrons. The van der Waals surface area contributed by atoms with Gasteiger partial charge in [0.1, 0.15) is 35.7 Å². The molecule has 12 heteroatoms. The van der Waals surface area contributed by atoms with Gasteiger partial charge in [-0.25, -0.2) is 24.3 Å². The maximum absolute atomic E-state index is 14.4. The summed E-state index contributed by atoms with van der Waals surface area (Å²) in [5, 5.41) is 24.4. The Hall–Kier alpha value is -4.26. The van der Waals surface area contributed by atoms with Crippen LogP contribution in [0.5, 0.6) is 0 Å². The second kappa shape index (κ2) is 11.6. The summed E-state index contributed by atoms with van der Waals surface area (Å²) in [6, 6.07) is 13.4. The van der Waals surface area contributed by atoms with Gasteiger partial charge in [0.05, 0.1) is 24.1 Å². The quantitative estimate of drug-likeness (QED) is 0.246. The van der Waals surface area contributed by atoms with Crippen LogP contribution in [0.15, 0.2) is 66.0 Å². The Labute approximate surface area is 192 Å². The smallest absolute Gasteiger partial charge is 0.269 e. The van der Waals surface area contributed by atoms with Crippen LogP contribution in [-0.2, 0) is 6.54 Å². The number of hydrogen-bond donors (Lipinski definition) is 5. The van der Waals surface area contributed by atoms with Crippen molar-refractivity contribution in [2.75, 3.05) is 19.2 Å². The highest BCUT2D eigenvalue weighted by Crippen LogP contribution is 2.18. The lowest BCUT2D eigenvalue weighted by Crippen LogP contribution is -2.26. The maximum Gasteiger partial charge on any atom is 0.269 e. The first-order chi connectivity index (χ1) is 16.6. The summed E-state index contributed by atoms with van der Waals surface area (Å²) in [4.78, 5) is 33.1. The molecule has 0 saturated heterocycles. The monoisotopic (exact) mass is 467 g/mol. The van der Waals surface area contributed by atoms with E-state index in [1.165, 1.54) is 29.4 Å². The highest BCUT2D eigenvalue weighted by atomic mass is 19.1. The van der Waals surface area contributed by atoms with E-state index in [-0.39, 0.29) is 11.9 Å². The second-order valence-corrected chi connectivity index (χ2v) is 6.46. The van der Waals surface area contributed by atoms with E-state index in [2.05, 4.69) is 30.2 Å². The van der Waals surface area contributed by atoms with E-state index in [1.807, 2.05) is 18.2 Å². The summed E-state index contributed by atoms with van der Waals surface area (Å²) >= 11 is 0. The normalized spacial score (nSPS) is 10.3. The van der Waals surface area contributed by atoms with Gasteiger partial charge in [0.2, 0.25) is 0 Å². The Bertz CT molecular complexity index is 1420. The lowest BCUT2D eigenvalue weighted by atomic mass is 10.2. The molecule has 11 nitrogen and oxygen atoms in total. The van der Waals surface area contributed by atoms with Crippen molar-refractivity contribution in [2.45, 2.75) is 6.54 Å². The van der Waals surface area contributed by atoms with Crippen LogP contribution in [0.3, 0.4) is 0 Å². The van der Waals surface area contributed by atoms with Gasteiger partial charge in [0, 0.05) is 7.11 Å². The number of aliphatic hydroxyl groups excluding tert-OH is 2. The van der Waals surface area contributed by atoms with E-state index in [0.717, 1.165) is 7.11 Å². The molecular formula is C22H22FN7O4. The van der Waals surface area contributed by atoms with Crippen molar-refractivity contribution in [1.29, 1.82) is 0 Å². The molecule has 0 unspecified atom stereocenters. The number of aromatic amines is 1. The second-order valence-electron chi connectivity index (χ2n) is 6.46. The molecule has 0 bridgehead atoms. The van der Waals surface area contributed by atoms with Crippen LogP contribution in [0.1, 0.15) is 5.82 Å². The molecule has 5 N–H and O–H groups in total. The maximum atomic E-state index is 14.4. The van der Waals surface area contributed by atoms with Gasteiger partial charge in [-0.05, 0) is 24.3 Å². The number of aromatic nitrogens is 6. The standard InChI is InChI=1S/C20H14FN7O.CH4O2.CH4O/c21-13-7-4-8-14-16(13)20(29)28(12-5-2-1-3-6-12)15(27-14)9-22-18-17-19(24-10-23-17)26-11-25-18;2-1-3;1-2/h1-8,10-11H,9H2,(H2,22,23,24,25,26);2-3H,1H2;2H,1H3. The molecule has 5 aromatic rings. The lowest BCUT2D eigenvalue weighted by Gasteiger charge is -2.15. The third-order valence-corrected chi connectivity index (χ3v) is 4.57. The van der Waals surface area contributed by atoms with Crippen LogP contribution >= 0.6 is 0 Å². The van der Waals surface area contributed by atoms with E-state index >= 15 is 0 Å². The third kappa shape index (κ3) is 5.04. The first kappa shape index (κ1) is 24.4. The molecule has 2 aromatic carbocycles. The fourth-order valence-corrected chi connectivity index (χ4v) is 3.26. The molecule has 176 valence electrons. The summed E-state index contributed by atoms with van der Waals surface area (Å²) in [5.41, 5.74) is 1.60. The highest BCUT2D eigenvalue weighted by Gasteiger charge is 2.16. The Morgan fingerprint density at radius 2 is 1.76 bits per heavy atom. The summed E-state index contributed by atoms with van der Waals surface area (Å²) in [6.45, 7) is -0.568. The number of benzene rings is 2. The molecule has 0 amide bonds. The molecular weight excluding hydrogens is 445 g/mol. The topological polar surface area (TPSA) is 162 Å². The largest absolute Gasteiger partial charge is 0.400 e. The van der Waals surface area contributed by atoms with Crippen LogP contribution in [0.25, 0.3) is 27.8 Å². The number of aliphatic hydroxyl groups is 3. The molecule has 0 aliphatic carbocycles. The molecule has 5 rings (SSSR count). The number of anilines is 1. The molecule has 0 aliphatic rings. The van der Waals surface area contributed by atoms with E-state index in [9.17, 15) is 9.18 Å². The average molecular weight is 467 g/mol. The van der Waals surface area contributed by atoms with Crippen LogP contribution < -0.4 is 10.9 Å². The molecule has 0 saturated carbocycles. The summed E-state index contributed by atoms with van der Waals surface area (Å²) in [7, 11) is 1.00. The van der Waals surface area contributed by atoms with Gasteiger partial charge in [-0.3, -0.25) is 9.36 Å². The van der Waals surface area contributed by atoms with Crippen LogP contribution in [-0.4, -0.2) is 58.7 Å². The zero-order valence-corrected chi connectivity index (χ0v) is 18.1. The van der Waals surface area contributed by atoms with Crippen molar-refractivity contribution in [1.82, 2.24) is 29.5 Å². The number of rotatable bonds is 4. The zero-order chi connectivity index (χ0) is 24.5. The highest BCUT2D eigenvalue weighted by molar-refractivity contribution is 5.82. The van der Waals surface area contributed by atoms with Crippen molar-refractivity contribution in [3.63, 3.8) is 0 Å². The third-order valence-electron chi connectivity index (χ3n) is 4.57. The molecule has 3 aromatic heterocycles. The van der Waals surface area contributed by atoms with E-state index in [4.69, 9.17) is 15.3 Å². The number of fused-ring (bicyclic) bond motifs is 2. The molecule has 0 aliphatic heterocycles. The molecule has 34 heavy (non-hydrogen) atoms. The summed E-state index contributed by atoms with van der Waals surface area (Å²) in [6.07, 6.45) is 2.93. The fourth-order valence-electron chi connectivity index (χ4n) is 3.26. The summed E-state index contributed by atoms with van der Waals surface area (Å²) < 4.78 is 15.8. The molecule has 0 fully saturated rings. The van der Waals surface area contributed by atoms with Gasteiger partial charge in [-0.2, -0.15) is 0 Å². The Balaban J connectivity index is 0.000000603. The number of para-hydroxylation sites is 1. The van der Waals surface area contributed by atoms with Gasteiger partial charge >= 0.3 is 0 Å². The first-order valence-corrected chi connectivity index (χ1v) is 9.94. The molecule has 0 spiro atoms. The number of hydrogen-bond acceptors (Lipinski definition) is 9. The average Bonchev–Trinajstić information content (AvgIpc) is 3.35. The number of imidazole rings is 1. The predicted molar refractivity (Wildman–Crippen MR) is 124 cm³/mol. The lowest BCUT2D eigenvalue weighted by molar-refractivity contribution is 0.0773. The Morgan fingerprint density at radius 1 is 1.03 bits per heavy atom. The predicted octanol–water partition coefficient (Wildman–Crippen LogP) is 1.34. The van der Waals surface area contributed by atoms with Gasteiger partial charge in [0.15, 0.2) is 11.5 Å². The van der Waals surface area contributed by atoms with E-state index in [0.29, 0.717) is 34.0 Å². The summed E-state index contributed by atoms with van der Waals surface area (Å²) in [5.74, 6) is 0.352. The minimum absolute atomic E-state index is 0.0434. The zero-order valence-electron chi connectivity index (χ0n) is 18.1. The van der Waals surface area contributed by atoms with Crippen molar-refractivity contribution in [2.24, 2.45) is 0 Å². The number of nitrogens with zero attached hydrogens (tertiary/aromatic N) is 5. The van der Waals surface area contributed by atoms with Crippen molar-refractivity contribution < 1.29 is 19.7 Å². The van der Waals surface area contributed by atoms with Gasteiger partial charge in [-0.1, -0.05) is 24.3 Å².